The molecule has 2 aromatic carbocycles. The van der Waals surface area contributed by atoms with Crippen LogP contribution in [-0.4, -0.2) is 79.9 Å². The van der Waals surface area contributed by atoms with Gasteiger partial charge in [0.2, 0.25) is 11.7 Å². The third-order valence-electron chi connectivity index (χ3n) is 8.54. The van der Waals surface area contributed by atoms with Gasteiger partial charge < -0.3 is 38.9 Å². The van der Waals surface area contributed by atoms with Gasteiger partial charge in [-0.05, 0) is 63.1 Å². The van der Waals surface area contributed by atoms with Crippen LogP contribution >= 0.6 is 0 Å². The molecule has 11 nitrogen and oxygen atoms in total. The Hall–Kier alpha value is -4.16. The Labute approximate surface area is 247 Å². The van der Waals surface area contributed by atoms with E-state index >= 15 is 0 Å². The second-order valence-electron chi connectivity index (χ2n) is 11.8. The maximum atomic E-state index is 14.2. The predicted molar refractivity (Wildman–Crippen MR) is 152 cm³/mol. The van der Waals surface area contributed by atoms with E-state index in [4.69, 9.17) is 23.4 Å². The molecule has 2 aliphatic heterocycles. The number of halogens is 1. The van der Waals surface area contributed by atoms with Gasteiger partial charge in [-0.25, -0.2) is 4.39 Å². The van der Waals surface area contributed by atoms with Crippen molar-refractivity contribution >= 4 is 28.7 Å². The average molecular weight is 596 g/mol. The fourth-order valence-electron chi connectivity index (χ4n) is 5.88. The van der Waals surface area contributed by atoms with Crippen molar-refractivity contribution in [1.82, 2.24) is 15.5 Å². The minimum absolute atomic E-state index is 0.0226. The van der Waals surface area contributed by atoms with E-state index in [2.05, 4.69) is 10.6 Å². The summed E-state index contributed by atoms with van der Waals surface area (Å²) in [5.41, 5.74) is -0.732. The molecule has 1 saturated carbocycles. The lowest BCUT2D eigenvalue weighted by Gasteiger charge is -2.48. The van der Waals surface area contributed by atoms with Crippen LogP contribution in [0.3, 0.4) is 0 Å². The zero-order valence-corrected chi connectivity index (χ0v) is 24.5. The van der Waals surface area contributed by atoms with Crippen LogP contribution in [0.2, 0.25) is 0 Å². The van der Waals surface area contributed by atoms with Crippen molar-refractivity contribution < 1.29 is 42.1 Å². The summed E-state index contributed by atoms with van der Waals surface area (Å²) in [5, 5.41) is 6.32. The number of nitrogens with one attached hydrogen (secondary N) is 2. The van der Waals surface area contributed by atoms with Gasteiger partial charge in [0, 0.05) is 30.8 Å². The first-order valence-electron chi connectivity index (χ1n) is 14.1. The third kappa shape index (κ3) is 5.08. The lowest BCUT2D eigenvalue weighted by Crippen LogP contribution is -2.66. The van der Waals surface area contributed by atoms with Crippen molar-refractivity contribution in [3.63, 3.8) is 0 Å². The molecule has 0 bridgehead atoms. The van der Waals surface area contributed by atoms with Gasteiger partial charge in [0.1, 0.15) is 23.8 Å². The van der Waals surface area contributed by atoms with Gasteiger partial charge in [-0.2, -0.15) is 0 Å². The van der Waals surface area contributed by atoms with Crippen LogP contribution in [0, 0.1) is 5.82 Å². The van der Waals surface area contributed by atoms with Crippen LogP contribution in [0.4, 0.5) is 4.39 Å². The first kappa shape index (κ1) is 28.9. The summed E-state index contributed by atoms with van der Waals surface area (Å²) in [5.74, 6) is -1.14. The number of methoxy groups -OCH3 is 2. The van der Waals surface area contributed by atoms with E-state index in [1.165, 1.54) is 30.2 Å². The minimum atomic E-state index is -1.44. The van der Waals surface area contributed by atoms with Gasteiger partial charge in [-0.15, -0.1) is 0 Å². The van der Waals surface area contributed by atoms with Crippen LogP contribution in [-0.2, 0) is 20.8 Å². The van der Waals surface area contributed by atoms with Crippen LogP contribution in [0.25, 0.3) is 11.0 Å². The highest BCUT2D eigenvalue weighted by Gasteiger charge is 2.53. The van der Waals surface area contributed by atoms with Gasteiger partial charge >= 0.3 is 0 Å². The second kappa shape index (κ2) is 10.8. The molecule has 1 atom stereocenters. The molecule has 0 spiro atoms. The SMILES string of the molecule is COc1ccc(F)cc1CNC(=O)C1(C)COc2c(oc3cc(C(=O)NC4(C)COC4)ccc23)C(=O)N1C1CC(OC)C1. The van der Waals surface area contributed by atoms with E-state index in [0.717, 1.165) is 0 Å². The standard InChI is InChI=1S/C31H34FN3O8/c1-30(14-41-15-30)34-27(36)17-5-7-22-24(10-17)43-26-25(22)42-16-31(2,35(28(26)37)20-11-21(12-20)39-3)29(38)33-13-18-9-19(32)6-8-23(18)40-4/h5-10,20-21H,11-16H2,1-4H3,(H,33,38)(H,34,36). The Bertz CT molecular complexity index is 1600. The van der Waals surface area contributed by atoms with Crippen LogP contribution in [0.15, 0.2) is 40.8 Å². The molecular formula is C31H34FN3O8. The molecule has 228 valence electrons. The third-order valence-corrected chi connectivity index (χ3v) is 8.54. The Morgan fingerprint density at radius 2 is 1.86 bits per heavy atom. The highest BCUT2D eigenvalue weighted by molar-refractivity contribution is 6.06. The largest absolute Gasteiger partial charge is 0.496 e. The molecule has 43 heavy (non-hydrogen) atoms. The fraction of sp³-hybridized carbons (Fsp3) is 0.452. The molecule has 1 aliphatic carbocycles. The molecule has 1 saturated heterocycles. The first-order valence-corrected chi connectivity index (χ1v) is 14.1. The monoisotopic (exact) mass is 595 g/mol. The summed E-state index contributed by atoms with van der Waals surface area (Å²) in [6, 6.07) is 8.63. The van der Waals surface area contributed by atoms with Crippen LogP contribution < -0.4 is 20.1 Å². The number of ether oxygens (including phenoxy) is 4. The summed E-state index contributed by atoms with van der Waals surface area (Å²) in [6.07, 6.45) is 1.01. The Morgan fingerprint density at radius 1 is 1.09 bits per heavy atom. The highest BCUT2D eigenvalue weighted by Crippen LogP contribution is 2.42. The van der Waals surface area contributed by atoms with E-state index in [0.29, 0.717) is 53.9 Å². The molecule has 0 radical (unpaired) electrons. The molecule has 2 N–H and O–H groups in total. The predicted octanol–water partition coefficient (Wildman–Crippen LogP) is 3.19. The zero-order valence-electron chi connectivity index (χ0n) is 24.5. The van der Waals surface area contributed by atoms with Crippen molar-refractivity contribution in [2.45, 2.75) is 56.5 Å². The minimum Gasteiger partial charge on any atom is -0.496 e. The molecular weight excluding hydrogens is 561 g/mol. The Balaban J connectivity index is 1.30. The quantitative estimate of drug-likeness (QED) is 0.407. The summed E-state index contributed by atoms with van der Waals surface area (Å²) in [7, 11) is 3.07. The molecule has 1 unspecified atom stereocenters. The van der Waals surface area contributed by atoms with Crippen molar-refractivity contribution in [3.05, 3.63) is 59.1 Å². The average Bonchev–Trinajstić information content (AvgIpc) is 3.28. The molecule has 3 aliphatic rings. The number of amides is 3. The molecule has 3 aromatic rings. The van der Waals surface area contributed by atoms with Crippen molar-refractivity contribution in [2.75, 3.05) is 34.0 Å². The van der Waals surface area contributed by atoms with Crippen molar-refractivity contribution in [2.24, 2.45) is 0 Å². The lowest BCUT2D eigenvalue weighted by atomic mass is 9.83. The molecule has 1 aromatic heterocycles. The molecule has 6 rings (SSSR count). The smallest absolute Gasteiger partial charge is 0.294 e. The van der Waals surface area contributed by atoms with Crippen molar-refractivity contribution in [3.8, 4) is 11.5 Å². The summed E-state index contributed by atoms with van der Waals surface area (Å²) in [4.78, 5) is 42.4. The molecule has 2 fully saturated rings. The normalized spacial score (nSPS) is 24.2. The maximum Gasteiger partial charge on any atom is 0.294 e. The van der Waals surface area contributed by atoms with Gasteiger partial charge in [-0.1, -0.05) is 0 Å². The summed E-state index contributed by atoms with van der Waals surface area (Å²) >= 11 is 0. The summed E-state index contributed by atoms with van der Waals surface area (Å²) < 4.78 is 42.2. The van der Waals surface area contributed by atoms with E-state index in [-0.39, 0.29) is 42.7 Å². The van der Waals surface area contributed by atoms with Gasteiger partial charge in [0.25, 0.3) is 11.8 Å². The van der Waals surface area contributed by atoms with E-state index < -0.39 is 28.7 Å². The van der Waals surface area contributed by atoms with Gasteiger partial charge in [0.15, 0.2) is 11.3 Å². The number of fused-ring (bicyclic) bond motifs is 3. The number of benzene rings is 2. The fourth-order valence-corrected chi connectivity index (χ4v) is 5.88. The second-order valence-corrected chi connectivity index (χ2v) is 11.8. The number of rotatable bonds is 8. The maximum absolute atomic E-state index is 14.2. The number of hydrogen-bond donors (Lipinski definition) is 2. The number of furan rings is 1. The van der Waals surface area contributed by atoms with Crippen LogP contribution in [0.1, 0.15) is 53.2 Å². The Kier molecular flexibility index (Phi) is 7.29. The number of hydrogen-bond acceptors (Lipinski definition) is 8. The van der Waals surface area contributed by atoms with Crippen molar-refractivity contribution in [1.29, 1.82) is 0 Å². The summed E-state index contributed by atoms with van der Waals surface area (Å²) in [6.45, 7) is 4.22. The number of carbonyl (C=O) groups excluding carboxylic acids is 3. The zero-order chi connectivity index (χ0) is 30.5. The first-order chi connectivity index (χ1) is 20.5. The molecule has 3 heterocycles. The van der Waals surface area contributed by atoms with E-state index in [9.17, 15) is 18.8 Å². The van der Waals surface area contributed by atoms with Gasteiger partial charge in [0.05, 0.1) is 37.4 Å². The van der Waals surface area contributed by atoms with E-state index in [1.54, 1.807) is 32.2 Å². The van der Waals surface area contributed by atoms with E-state index in [1.807, 2.05) is 6.92 Å². The lowest BCUT2D eigenvalue weighted by molar-refractivity contribution is -0.138. The molecule has 3 amide bonds. The Morgan fingerprint density at radius 3 is 2.53 bits per heavy atom. The van der Waals surface area contributed by atoms with Crippen LogP contribution in [0.5, 0.6) is 11.5 Å². The van der Waals surface area contributed by atoms with Gasteiger partial charge in [-0.3, -0.25) is 14.4 Å². The number of carbonyl (C=O) groups is 3. The molecule has 12 heteroatoms. The topological polar surface area (TPSA) is 129 Å². The number of nitrogens with zero attached hydrogens (tertiary/aromatic N) is 1. The highest BCUT2D eigenvalue weighted by atomic mass is 19.1.